The molecule has 2 saturated heterocycles. The Kier molecular flexibility index (Phi) is 5.63. The van der Waals surface area contributed by atoms with E-state index in [9.17, 15) is 19.5 Å². The molecule has 3 rings (SSSR count). The van der Waals surface area contributed by atoms with Gasteiger partial charge < -0.3 is 19.3 Å². The third-order valence-corrected chi connectivity index (χ3v) is 6.05. The highest BCUT2D eigenvalue weighted by molar-refractivity contribution is 5.91. The average molecular weight is 393 g/mol. The van der Waals surface area contributed by atoms with Gasteiger partial charge in [-0.25, -0.2) is 9.59 Å². The van der Waals surface area contributed by atoms with Crippen LogP contribution in [0.15, 0.2) is 23.3 Å². The van der Waals surface area contributed by atoms with E-state index in [2.05, 4.69) is 4.90 Å². The predicted octanol–water partition coefficient (Wildman–Crippen LogP) is 0.734. The molecule has 28 heavy (non-hydrogen) atoms. The Morgan fingerprint density at radius 3 is 2.75 bits per heavy atom. The van der Waals surface area contributed by atoms with Crippen LogP contribution in [-0.2, 0) is 28.6 Å². The van der Waals surface area contributed by atoms with Crippen LogP contribution < -0.4 is 0 Å². The van der Waals surface area contributed by atoms with E-state index < -0.39 is 29.6 Å². The van der Waals surface area contributed by atoms with Crippen LogP contribution in [0.5, 0.6) is 0 Å². The van der Waals surface area contributed by atoms with Gasteiger partial charge in [-0.05, 0) is 39.7 Å². The van der Waals surface area contributed by atoms with Crippen LogP contribution in [0, 0.1) is 5.92 Å². The summed E-state index contributed by atoms with van der Waals surface area (Å²) in [6, 6.07) is -0.146. The number of cyclic esters (lactones) is 1. The van der Waals surface area contributed by atoms with E-state index in [4.69, 9.17) is 14.2 Å². The number of fused-ring (bicyclic) bond motifs is 1. The fourth-order valence-corrected chi connectivity index (χ4v) is 3.98. The van der Waals surface area contributed by atoms with E-state index in [1.807, 2.05) is 6.08 Å². The minimum absolute atomic E-state index is 0.0351. The smallest absolute Gasteiger partial charge is 0.343 e. The van der Waals surface area contributed by atoms with Crippen molar-refractivity contribution in [3.05, 3.63) is 23.3 Å². The van der Waals surface area contributed by atoms with Crippen molar-refractivity contribution < 1.29 is 33.7 Å². The van der Waals surface area contributed by atoms with Crippen LogP contribution in [0.1, 0.15) is 34.1 Å². The topological polar surface area (TPSA) is 102 Å². The first kappa shape index (κ1) is 20.5. The van der Waals surface area contributed by atoms with Gasteiger partial charge in [0.2, 0.25) is 5.60 Å². The summed E-state index contributed by atoms with van der Waals surface area (Å²) in [7, 11) is 0. The molecule has 0 amide bonds. The molecule has 0 aliphatic carbocycles. The number of esters is 3. The van der Waals surface area contributed by atoms with Crippen molar-refractivity contribution in [1.82, 2.24) is 4.90 Å². The van der Waals surface area contributed by atoms with Gasteiger partial charge in [0.25, 0.3) is 0 Å². The lowest BCUT2D eigenvalue weighted by molar-refractivity contribution is -0.173. The maximum Gasteiger partial charge on any atom is 0.343 e. The molecule has 0 aromatic carbocycles. The van der Waals surface area contributed by atoms with E-state index in [1.54, 1.807) is 19.9 Å². The maximum atomic E-state index is 12.5. The van der Waals surface area contributed by atoms with Crippen LogP contribution in [0.25, 0.3) is 0 Å². The second-order valence-electron chi connectivity index (χ2n) is 7.63. The molecule has 3 heterocycles. The Hall–Kier alpha value is -2.19. The zero-order valence-electron chi connectivity index (χ0n) is 16.6. The Bertz CT molecular complexity index is 743. The Morgan fingerprint density at radius 1 is 1.43 bits per heavy atom. The van der Waals surface area contributed by atoms with E-state index in [-0.39, 0.29) is 24.7 Å². The monoisotopic (exact) mass is 393 g/mol. The lowest BCUT2D eigenvalue weighted by Crippen LogP contribution is -2.50. The molecular weight excluding hydrogens is 366 g/mol. The second kappa shape index (κ2) is 7.67. The summed E-state index contributed by atoms with van der Waals surface area (Å²) < 4.78 is 16.0. The normalized spacial score (nSPS) is 35.4. The summed E-state index contributed by atoms with van der Waals surface area (Å²) in [5.41, 5.74) is -0.624. The highest BCUT2D eigenvalue weighted by Crippen LogP contribution is 2.35. The van der Waals surface area contributed by atoms with Gasteiger partial charge in [-0.3, -0.25) is 9.69 Å². The molecule has 0 aromatic rings. The van der Waals surface area contributed by atoms with E-state index in [1.165, 1.54) is 13.8 Å². The first-order valence-corrected chi connectivity index (χ1v) is 9.57. The number of ether oxygens (including phenoxy) is 3. The summed E-state index contributed by atoms with van der Waals surface area (Å²) in [4.78, 5) is 38.5. The van der Waals surface area contributed by atoms with Gasteiger partial charge in [-0.2, -0.15) is 0 Å². The lowest BCUT2D eigenvalue weighted by Gasteiger charge is -2.27. The largest absolute Gasteiger partial charge is 0.459 e. The summed E-state index contributed by atoms with van der Waals surface area (Å²) in [6.45, 7) is 7.83. The van der Waals surface area contributed by atoms with Crippen molar-refractivity contribution in [2.45, 2.75) is 58.0 Å². The molecular formula is C20H27NO7. The lowest BCUT2D eigenvalue weighted by atomic mass is 9.87. The zero-order valence-corrected chi connectivity index (χ0v) is 16.6. The van der Waals surface area contributed by atoms with Crippen LogP contribution in [-0.4, -0.2) is 71.5 Å². The van der Waals surface area contributed by atoms with Crippen LogP contribution >= 0.6 is 0 Å². The molecule has 1 N–H and O–H groups in total. The Morgan fingerprint density at radius 2 is 2.14 bits per heavy atom. The second-order valence-corrected chi connectivity index (χ2v) is 7.63. The minimum atomic E-state index is -2.00. The van der Waals surface area contributed by atoms with Crippen molar-refractivity contribution in [3.63, 3.8) is 0 Å². The van der Waals surface area contributed by atoms with E-state index >= 15 is 0 Å². The zero-order chi connectivity index (χ0) is 20.6. The fraction of sp³-hybridized carbons (Fsp3) is 0.650. The number of carbonyl (C=O) groups excluding carboxylic acids is 3. The van der Waals surface area contributed by atoms with Crippen LogP contribution in [0.2, 0.25) is 0 Å². The average Bonchev–Trinajstić information content (AvgIpc) is 3.31. The van der Waals surface area contributed by atoms with Gasteiger partial charge in [0.1, 0.15) is 18.8 Å². The molecule has 0 radical (unpaired) electrons. The molecule has 5 atom stereocenters. The predicted molar refractivity (Wildman–Crippen MR) is 98.0 cm³/mol. The molecule has 0 saturated carbocycles. The van der Waals surface area contributed by atoms with Crippen molar-refractivity contribution in [2.75, 3.05) is 19.7 Å². The first-order chi connectivity index (χ1) is 13.2. The number of aliphatic hydroxyl groups is 1. The maximum absolute atomic E-state index is 12.5. The molecule has 154 valence electrons. The summed E-state index contributed by atoms with van der Waals surface area (Å²) >= 11 is 0. The molecule has 2 fully saturated rings. The van der Waals surface area contributed by atoms with Gasteiger partial charge >= 0.3 is 17.9 Å². The molecule has 8 heteroatoms. The third-order valence-electron chi connectivity index (χ3n) is 6.05. The van der Waals surface area contributed by atoms with Gasteiger partial charge in [0.15, 0.2) is 0 Å². The number of hydrogen-bond acceptors (Lipinski definition) is 8. The molecule has 0 bridgehead atoms. The van der Waals surface area contributed by atoms with Crippen molar-refractivity contribution in [2.24, 2.45) is 5.92 Å². The summed E-state index contributed by atoms with van der Waals surface area (Å²) in [5.74, 6) is -2.85. The van der Waals surface area contributed by atoms with Gasteiger partial charge in [-0.15, -0.1) is 0 Å². The summed E-state index contributed by atoms with van der Waals surface area (Å²) in [5, 5.41) is 10.7. The number of nitrogens with zero attached hydrogens (tertiary/aromatic N) is 1. The van der Waals surface area contributed by atoms with Gasteiger partial charge in [0, 0.05) is 18.7 Å². The van der Waals surface area contributed by atoms with E-state index in [0.29, 0.717) is 18.5 Å². The van der Waals surface area contributed by atoms with Crippen LogP contribution in [0.4, 0.5) is 0 Å². The fourth-order valence-electron chi connectivity index (χ4n) is 3.98. The third kappa shape index (κ3) is 3.35. The standard InChI is InChI=1S/C20H27NO7/c1-5-11(2)17(22)28-15-7-9-21-8-6-14(16(15)21)10-26-19(24)20(25)12(3)18(23)27-13(20)4/h5-6,12-13,15-16,25H,7-10H2,1-4H3/b11-5-/t12-,13-,15+,16+,20+/m0/s1. The Labute approximate surface area is 164 Å². The van der Waals surface area contributed by atoms with Crippen LogP contribution in [0.3, 0.4) is 0 Å². The summed E-state index contributed by atoms with van der Waals surface area (Å²) in [6.07, 6.45) is 3.08. The molecule has 3 aliphatic rings. The quantitative estimate of drug-likeness (QED) is 0.316. The highest BCUT2D eigenvalue weighted by Gasteiger charge is 2.59. The first-order valence-electron chi connectivity index (χ1n) is 9.57. The molecule has 3 aliphatic heterocycles. The van der Waals surface area contributed by atoms with Crippen molar-refractivity contribution in [3.8, 4) is 0 Å². The Balaban J connectivity index is 1.64. The van der Waals surface area contributed by atoms with E-state index in [0.717, 1.165) is 12.1 Å². The molecule has 0 aromatic heterocycles. The van der Waals surface area contributed by atoms with Crippen molar-refractivity contribution in [1.29, 1.82) is 0 Å². The van der Waals surface area contributed by atoms with Crippen molar-refractivity contribution >= 4 is 17.9 Å². The number of rotatable bonds is 5. The minimum Gasteiger partial charge on any atom is -0.459 e. The number of allylic oxidation sites excluding steroid dienone is 1. The number of carbonyl (C=O) groups is 3. The molecule has 0 spiro atoms. The SMILES string of the molecule is C/C=C(/C)C(=O)O[C@@H]1CCN2CC=C(COC(=O)[C@]3(O)[C@H](C)OC(=O)[C@@H]3C)[C@H]12. The van der Waals surface area contributed by atoms with Gasteiger partial charge in [-0.1, -0.05) is 12.2 Å². The molecule has 0 unspecified atom stereocenters. The highest BCUT2D eigenvalue weighted by atomic mass is 16.6. The number of hydrogen-bond donors (Lipinski definition) is 1. The molecule has 8 nitrogen and oxygen atoms in total. The van der Waals surface area contributed by atoms with Gasteiger partial charge in [0.05, 0.1) is 12.0 Å².